The van der Waals surface area contributed by atoms with Crippen molar-refractivity contribution < 1.29 is 4.79 Å². The molecule has 1 aromatic heterocycles. The molecule has 2 aromatic carbocycles. The van der Waals surface area contributed by atoms with E-state index < -0.39 is 0 Å². The van der Waals surface area contributed by atoms with Gasteiger partial charge in [-0.05, 0) is 48.1 Å². The van der Waals surface area contributed by atoms with Crippen LogP contribution >= 0.6 is 11.3 Å². The number of amides is 1. The molecule has 0 atom stereocenters. The highest BCUT2D eigenvalue weighted by Crippen LogP contribution is 2.37. The lowest BCUT2D eigenvalue weighted by Gasteiger charge is -2.14. The zero-order valence-electron chi connectivity index (χ0n) is 15.4. The number of carbonyl (C=O) groups excluding carboxylic acids is 1. The SMILES string of the molecule is CCCCCc1ccc(N=C2C(=O)N(c3ccsc3)c3ccccc32)cc1. The second-order valence-corrected chi connectivity index (χ2v) is 7.50. The minimum Gasteiger partial charge on any atom is -0.274 e. The summed E-state index contributed by atoms with van der Waals surface area (Å²) in [4.78, 5) is 19.6. The summed E-state index contributed by atoms with van der Waals surface area (Å²) in [5.74, 6) is -0.0679. The van der Waals surface area contributed by atoms with Crippen molar-refractivity contribution in [3.8, 4) is 0 Å². The number of carbonyl (C=O) groups is 1. The smallest absolute Gasteiger partial charge is 0.274 e. The zero-order valence-corrected chi connectivity index (χ0v) is 16.2. The van der Waals surface area contributed by atoms with Gasteiger partial charge in [-0.3, -0.25) is 9.69 Å². The Kier molecular flexibility index (Phi) is 5.16. The molecule has 0 unspecified atom stereocenters. The van der Waals surface area contributed by atoms with Crippen LogP contribution < -0.4 is 4.90 Å². The van der Waals surface area contributed by atoms with Crippen LogP contribution in [0.4, 0.5) is 17.1 Å². The van der Waals surface area contributed by atoms with Crippen LogP contribution in [0.1, 0.15) is 37.3 Å². The van der Waals surface area contributed by atoms with Crippen molar-refractivity contribution in [2.24, 2.45) is 4.99 Å². The first-order valence-corrected chi connectivity index (χ1v) is 10.4. The molecule has 0 fully saturated rings. The maximum absolute atomic E-state index is 13.1. The monoisotopic (exact) mass is 374 g/mol. The number of thiophene rings is 1. The van der Waals surface area contributed by atoms with Gasteiger partial charge in [-0.25, -0.2) is 4.99 Å². The van der Waals surface area contributed by atoms with E-state index in [1.54, 1.807) is 16.2 Å². The first-order chi connectivity index (χ1) is 13.3. The van der Waals surface area contributed by atoms with E-state index in [0.29, 0.717) is 5.71 Å². The molecule has 27 heavy (non-hydrogen) atoms. The van der Waals surface area contributed by atoms with Gasteiger partial charge in [0.25, 0.3) is 5.91 Å². The molecule has 4 heteroatoms. The van der Waals surface area contributed by atoms with Gasteiger partial charge < -0.3 is 0 Å². The molecule has 0 aliphatic carbocycles. The average molecular weight is 375 g/mol. The number of hydrogen-bond acceptors (Lipinski definition) is 3. The lowest BCUT2D eigenvalue weighted by Crippen LogP contribution is -2.24. The van der Waals surface area contributed by atoms with Crippen molar-refractivity contribution in [1.82, 2.24) is 0 Å². The fourth-order valence-electron chi connectivity index (χ4n) is 3.39. The Labute approximate surface area is 164 Å². The lowest BCUT2D eigenvalue weighted by molar-refractivity contribution is -0.111. The molecule has 0 saturated carbocycles. The van der Waals surface area contributed by atoms with Gasteiger partial charge in [0.05, 0.1) is 17.1 Å². The number of rotatable bonds is 6. The lowest BCUT2D eigenvalue weighted by atomic mass is 10.1. The summed E-state index contributed by atoms with van der Waals surface area (Å²) in [6, 6.07) is 18.1. The number of benzene rings is 2. The van der Waals surface area contributed by atoms with Crippen molar-refractivity contribution in [2.45, 2.75) is 32.6 Å². The second-order valence-electron chi connectivity index (χ2n) is 6.72. The largest absolute Gasteiger partial charge is 0.282 e. The minimum absolute atomic E-state index is 0.0679. The van der Waals surface area contributed by atoms with Gasteiger partial charge in [0.1, 0.15) is 5.71 Å². The van der Waals surface area contributed by atoms with E-state index in [0.717, 1.165) is 29.0 Å². The minimum atomic E-state index is -0.0679. The summed E-state index contributed by atoms with van der Waals surface area (Å²) in [6.45, 7) is 2.22. The molecule has 3 nitrogen and oxygen atoms in total. The zero-order chi connectivity index (χ0) is 18.6. The Bertz CT molecular complexity index is 958. The number of aliphatic imine (C=N–C) groups is 1. The van der Waals surface area contributed by atoms with E-state index in [1.807, 2.05) is 53.2 Å². The molecule has 136 valence electrons. The van der Waals surface area contributed by atoms with Gasteiger partial charge in [0.15, 0.2) is 0 Å². The molecular formula is C23H22N2OS. The molecule has 2 heterocycles. The van der Waals surface area contributed by atoms with Gasteiger partial charge in [0, 0.05) is 10.9 Å². The average Bonchev–Trinajstić information content (AvgIpc) is 3.30. The molecule has 0 N–H and O–H groups in total. The van der Waals surface area contributed by atoms with E-state index >= 15 is 0 Å². The van der Waals surface area contributed by atoms with Crippen LogP contribution in [0.2, 0.25) is 0 Å². The predicted octanol–water partition coefficient (Wildman–Crippen LogP) is 6.28. The predicted molar refractivity (Wildman–Crippen MR) is 114 cm³/mol. The first-order valence-electron chi connectivity index (χ1n) is 9.41. The Morgan fingerprint density at radius 3 is 2.56 bits per heavy atom. The van der Waals surface area contributed by atoms with Crippen LogP contribution in [-0.4, -0.2) is 11.6 Å². The third-order valence-corrected chi connectivity index (χ3v) is 5.49. The Morgan fingerprint density at radius 1 is 1.00 bits per heavy atom. The normalized spacial score (nSPS) is 14.8. The molecule has 0 saturated heterocycles. The highest BCUT2D eigenvalue weighted by atomic mass is 32.1. The van der Waals surface area contributed by atoms with Crippen molar-refractivity contribution in [2.75, 3.05) is 4.90 Å². The van der Waals surface area contributed by atoms with Crippen LogP contribution in [-0.2, 0) is 11.2 Å². The van der Waals surface area contributed by atoms with E-state index in [9.17, 15) is 4.79 Å². The van der Waals surface area contributed by atoms with Crippen LogP contribution in [0.15, 0.2) is 70.3 Å². The van der Waals surface area contributed by atoms with Crippen LogP contribution in [0.3, 0.4) is 0 Å². The van der Waals surface area contributed by atoms with Crippen molar-refractivity contribution >= 4 is 40.0 Å². The highest BCUT2D eigenvalue weighted by molar-refractivity contribution is 7.08. The Hall–Kier alpha value is -2.72. The Morgan fingerprint density at radius 2 is 1.81 bits per heavy atom. The molecule has 0 radical (unpaired) electrons. The number of hydrogen-bond donors (Lipinski definition) is 0. The van der Waals surface area contributed by atoms with E-state index in [1.165, 1.54) is 24.8 Å². The fraction of sp³-hybridized carbons (Fsp3) is 0.217. The van der Waals surface area contributed by atoms with E-state index in [-0.39, 0.29) is 5.91 Å². The van der Waals surface area contributed by atoms with Gasteiger partial charge in [0.2, 0.25) is 0 Å². The molecule has 3 aromatic rings. The van der Waals surface area contributed by atoms with Crippen LogP contribution in [0, 0.1) is 0 Å². The van der Waals surface area contributed by atoms with Gasteiger partial charge in [-0.2, -0.15) is 11.3 Å². The van der Waals surface area contributed by atoms with Crippen LogP contribution in [0.5, 0.6) is 0 Å². The van der Waals surface area contributed by atoms with E-state index in [4.69, 9.17) is 4.99 Å². The van der Waals surface area contributed by atoms with Gasteiger partial charge in [-0.15, -0.1) is 0 Å². The maximum atomic E-state index is 13.1. The molecule has 0 bridgehead atoms. The van der Waals surface area contributed by atoms with Crippen LogP contribution in [0.25, 0.3) is 0 Å². The molecular weight excluding hydrogens is 352 g/mol. The second kappa shape index (κ2) is 7.89. The number of anilines is 2. The number of nitrogens with zero attached hydrogens (tertiary/aromatic N) is 2. The molecule has 0 spiro atoms. The summed E-state index contributed by atoms with van der Waals surface area (Å²) in [7, 11) is 0. The van der Waals surface area contributed by atoms with E-state index in [2.05, 4.69) is 19.1 Å². The summed E-state index contributed by atoms with van der Waals surface area (Å²) in [5, 5.41) is 3.97. The van der Waals surface area contributed by atoms with Gasteiger partial charge >= 0.3 is 0 Å². The number of fused-ring (bicyclic) bond motifs is 1. The highest BCUT2D eigenvalue weighted by Gasteiger charge is 2.34. The third kappa shape index (κ3) is 3.58. The Balaban J connectivity index is 1.64. The quantitative estimate of drug-likeness (QED) is 0.467. The summed E-state index contributed by atoms with van der Waals surface area (Å²) >= 11 is 1.58. The van der Waals surface area contributed by atoms with Crippen molar-refractivity contribution in [1.29, 1.82) is 0 Å². The fourth-order valence-corrected chi connectivity index (χ4v) is 4.01. The summed E-state index contributed by atoms with van der Waals surface area (Å²) in [5.41, 5.74) is 5.34. The standard InChI is InChI=1S/C23H22N2OS/c1-2-3-4-7-17-10-12-18(13-11-17)24-22-20-8-5-6-9-21(20)25(23(22)26)19-14-15-27-16-19/h5-6,8-16H,2-4,7H2,1H3. The first kappa shape index (κ1) is 17.7. The molecule has 1 aliphatic rings. The van der Waals surface area contributed by atoms with Gasteiger partial charge in [-0.1, -0.05) is 50.1 Å². The summed E-state index contributed by atoms with van der Waals surface area (Å²) < 4.78 is 0. The topological polar surface area (TPSA) is 32.7 Å². The third-order valence-electron chi connectivity index (χ3n) is 4.82. The number of unbranched alkanes of at least 4 members (excludes halogenated alkanes) is 2. The summed E-state index contributed by atoms with van der Waals surface area (Å²) in [6.07, 6.45) is 4.80. The molecule has 1 amide bonds. The number of para-hydroxylation sites is 1. The maximum Gasteiger partial charge on any atom is 0.282 e. The van der Waals surface area contributed by atoms with Crippen molar-refractivity contribution in [3.05, 3.63) is 76.5 Å². The molecule has 4 rings (SSSR count). The number of aryl methyl sites for hydroxylation is 1. The van der Waals surface area contributed by atoms with Crippen molar-refractivity contribution in [3.63, 3.8) is 0 Å². The molecule has 1 aliphatic heterocycles.